The number of esters is 1. The van der Waals surface area contributed by atoms with Crippen LogP contribution in [0.5, 0.6) is 0 Å². The molecule has 0 saturated carbocycles. The highest BCUT2D eigenvalue weighted by atomic mass is 16.5. The number of hydrogen-bond acceptors (Lipinski definition) is 4. The SMILES string of the molecule is COC(=O)c1ccc2cc(C(O)(c3cn(C)cn3)C(C)C)ccc2c1. The van der Waals surface area contributed by atoms with Crippen LogP contribution in [-0.4, -0.2) is 27.7 Å². The lowest BCUT2D eigenvalue weighted by Crippen LogP contribution is -2.33. The summed E-state index contributed by atoms with van der Waals surface area (Å²) in [4.78, 5) is 16.1. The van der Waals surface area contributed by atoms with Crippen LogP contribution in [0.1, 0.15) is 35.5 Å². The Bertz CT molecular complexity index is 930. The van der Waals surface area contributed by atoms with Crippen LogP contribution >= 0.6 is 0 Å². The van der Waals surface area contributed by atoms with E-state index < -0.39 is 5.60 Å². The number of fused-ring (bicyclic) bond motifs is 1. The Balaban J connectivity index is 2.12. The molecule has 0 bridgehead atoms. The summed E-state index contributed by atoms with van der Waals surface area (Å²) in [6.07, 6.45) is 3.52. The van der Waals surface area contributed by atoms with Crippen LogP contribution in [-0.2, 0) is 17.4 Å². The van der Waals surface area contributed by atoms with Gasteiger partial charge in [0.2, 0.25) is 0 Å². The molecular formula is C20H22N2O3. The van der Waals surface area contributed by atoms with E-state index in [9.17, 15) is 9.90 Å². The van der Waals surface area contributed by atoms with Crippen molar-refractivity contribution in [3.8, 4) is 0 Å². The molecule has 0 amide bonds. The van der Waals surface area contributed by atoms with Crippen LogP contribution in [0.2, 0.25) is 0 Å². The van der Waals surface area contributed by atoms with Crippen molar-refractivity contribution in [3.05, 3.63) is 65.7 Å². The van der Waals surface area contributed by atoms with E-state index in [4.69, 9.17) is 4.74 Å². The number of aliphatic hydroxyl groups is 1. The van der Waals surface area contributed by atoms with E-state index in [1.54, 1.807) is 18.5 Å². The van der Waals surface area contributed by atoms with Gasteiger partial charge in [0.1, 0.15) is 5.60 Å². The molecule has 3 aromatic rings. The Labute approximate surface area is 146 Å². The van der Waals surface area contributed by atoms with Crippen LogP contribution in [0.15, 0.2) is 48.9 Å². The fourth-order valence-electron chi connectivity index (χ4n) is 3.11. The molecule has 0 radical (unpaired) electrons. The van der Waals surface area contributed by atoms with Crippen LogP contribution < -0.4 is 0 Å². The van der Waals surface area contributed by atoms with E-state index >= 15 is 0 Å². The topological polar surface area (TPSA) is 64.3 Å². The predicted molar refractivity (Wildman–Crippen MR) is 96.3 cm³/mol. The van der Waals surface area contributed by atoms with Crippen molar-refractivity contribution in [2.24, 2.45) is 13.0 Å². The number of aryl methyl sites for hydroxylation is 1. The summed E-state index contributed by atoms with van der Waals surface area (Å²) < 4.78 is 6.59. The van der Waals surface area contributed by atoms with Gasteiger partial charge in [-0.3, -0.25) is 0 Å². The average molecular weight is 338 g/mol. The van der Waals surface area contributed by atoms with Crippen molar-refractivity contribution in [2.75, 3.05) is 7.11 Å². The summed E-state index contributed by atoms with van der Waals surface area (Å²) in [5.74, 6) is -0.424. The molecule has 1 N–H and O–H groups in total. The first kappa shape index (κ1) is 17.2. The maximum absolute atomic E-state index is 11.7. The summed E-state index contributed by atoms with van der Waals surface area (Å²) in [6, 6.07) is 11.1. The minimum atomic E-state index is -1.18. The van der Waals surface area contributed by atoms with Gasteiger partial charge in [0.25, 0.3) is 0 Å². The number of ether oxygens (including phenoxy) is 1. The molecule has 1 aromatic heterocycles. The Morgan fingerprint density at radius 3 is 2.48 bits per heavy atom. The molecule has 1 atom stereocenters. The highest BCUT2D eigenvalue weighted by Crippen LogP contribution is 2.37. The molecule has 0 aliphatic rings. The second-order valence-electron chi connectivity index (χ2n) is 6.61. The van der Waals surface area contributed by atoms with Crippen LogP contribution in [0.3, 0.4) is 0 Å². The summed E-state index contributed by atoms with van der Waals surface area (Å²) in [7, 11) is 3.25. The Kier molecular flexibility index (Phi) is 4.35. The van der Waals surface area contributed by atoms with Gasteiger partial charge in [0.15, 0.2) is 0 Å². The predicted octanol–water partition coefficient (Wildman–Crippen LogP) is 3.25. The Morgan fingerprint density at radius 1 is 1.20 bits per heavy atom. The van der Waals surface area contributed by atoms with Gasteiger partial charge in [0, 0.05) is 13.2 Å². The molecule has 3 rings (SSSR count). The quantitative estimate of drug-likeness (QED) is 0.742. The molecule has 1 heterocycles. The number of imidazole rings is 1. The number of carbonyl (C=O) groups excluding carboxylic acids is 1. The van der Waals surface area contributed by atoms with E-state index in [1.807, 2.05) is 55.9 Å². The van der Waals surface area contributed by atoms with Gasteiger partial charge in [-0.25, -0.2) is 9.78 Å². The lowest BCUT2D eigenvalue weighted by molar-refractivity contribution is 0.0280. The lowest BCUT2D eigenvalue weighted by atomic mass is 9.80. The fraction of sp³-hybridized carbons (Fsp3) is 0.300. The highest BCUT2D eigenvalue weighted by Gasteiger charge is 2.37. The zero-order chi connectivity index (χ0) is 18.2. The molecule has 0 aliphatic heterocycles. The van der Waals surface area contributed by atoms with Gasteiger partial charge in [-0.05, 0) is 40.5 Å². The summed E-state index contributed by atoms with van der Waals surface area (Å²) in [6.45, 7) is 3.94. The first-order valence-corrected chi connectivity index (χ1v) is 8.19. The highest BCUT2D eigenvalue weighted by molar-refractivity contribution is 5.95. The third-order valence-corrected chi connectivity index (χ3v) is 4.63. The first-order valence-electron chi connectivity index (χ1n) is 8.19. The number of nitrogens with zero attached hydrogens (tertiary/aromatic N) is 2. The Morgan fingerprint density at radius 2 is 1.88 bits per heavy atom. The molecule has 1 unspecified atom stereocenters. The molecule has 0 spiro atoms. The smallest absolute Gasteiger partial charge is 0.337 e. The third-order valence-electron chi connectivity index (χ3n) is 4.63. The zero-order valence-electron chi connectivity index (χ0n) is 14.9. The van der Waals surface area contributed by atoms with E-state index in [2.05, 4.69) is 4.98 Å². The van der Waals surface area contributed by atoms with Crippen molar-refractivity contribution in [3.63, 3.8) is 0 Å². The normalized spacial score (nSPS) is 13.8. The molecule has 0 saturated heterocycles. The molecule has 5 heteroatoms. The summed E-state index contributed by atoms with van der Waals surface area (Å²) in [5.41, 5.74) is 0.720. The first-order chi connectivity index (χ1) is 11.9. The van der Waals surface area contributed by atoms with Gasteiger partial charge >= 0.3 is 5.97 Å². The molecule has 25 heavy (non-hydrogen) atoms. The number of methoxy groups -OCH3 is 1. The van der Waals surface area contributed by atoms with E-state index in [1.165, 1.54) is 7.11 Å². The van der Waals surface area contributed by atoms with E-state index in [0.29, 0.717) is 11.3 Å². The molecule has 5 nitrogen and oxygen atoms in total. The van der Waals surface area contributed by atoms with Gasteiger partial charge < -0.3 is 14.4 Å². The second kappa shape index (κ2) is 6.33. The van der Waals surface area contributed by atoms with Gasteiger partial charge in [-0.15, -0.1) is 0 Å². The fourth-order valence-corrected chi connectivity index (χ4v) is 3.11. The minimum Gasteiger partial charge on any atom is -0.465 e. The monoisotopic (exact) mass is 338 g/mol. The maximum atomic E-state index is 11.7. The number of benzene rings is 2. The average Bonchev–Trinajstić information content (AvgIpc) is 3.06. The van der Waals surface area contributed by atoms with Crippen LogP contribution in [0, 0.1) is 5.92 Å². The third kappa shape index (κ3) is 2.91. The standard InChI is InChI=1S/C20H22N2O3/c1-13(2)20(24,18-11-22(3)12-21-18)17-8-7-14-9-16(19(23)25-4)6-5-15(14)10-17/h5-13,24H,1-4H3. The lowest BCUT2D eigenvalue weighted by Gasteiger charge is -2.31. The minimum absolute atomic E-state index is 0.0609. The van der Waals surface area contributed by atoms with E-state index in [-0.39, 0.29) is 11.9 Å². The van der Waals surface area contributed by atoms with Crippen LogP contribution in [0.4, 0.5) is 0 Å². The molecule has 0 aliphatic carbocycles. The number of aromatic nitrogens is 2. The molecule has 2 aromatic carbocycles. The number of rotatable bonds is 4. The van der Waals surface area contributed by atoms with Crippen molar-refractivity contribution in [1.29, 1.82) is 0 Å². The van der Waals surface area contributed by atoms with Crippen LogP contribution in [0.25, 0.3) is 10.8 Å². The van der Waals surface area contributed by atoms with Crippen molar-refractivity contribution < 1.29 is 14.6 Å². The Hall–Kier alpha value is -2.66. The molecule has 130 valence electrons. The van der Waals surface area contributed by atoms with Gasteiger partial charge in [-0.2, -0.15) is 0 Å². The van der Waals surface area contributed by atoms with Crippen molar-refractivity contribution >= 4 is 16.7 Å². The largest absolute Gasteiger partial charge is 0.465 e. The zero-order valence-corrected chi connectivity index (χ0v) is 14.9. The van der Waals surface area contributed by atoms with Gasteiger partial charge in [0.05, 0.1) is 24.7 Å². The molecular weight excluding hydrogens is 316 g/mol. The number of hydrogen-bond donors (Lipinski definition) is 1. The van der Waals surface area contributed by atoms with E-state index in [0.717, 1.165) is 16.3 Å². The summed E-state index contributed by atoms with van der Waals surface area (Å²) in [5, 5.41) is 13.3. The van der Waals surface area contributed by atoms with Crippen molar-refractivity contribution in [1.82, 2.24) is 9.55 Å². The second-order valence-corrected chi connectivity index (χ2v) is 6.61. The maximum Gasteiger partial charge on any atom is 0.337 e. The van der Waals surface area contributed by atoms with Crippen molar-refractivity contribution in [2.45, 2.75) is 19.4 Å². The summed E-state index contributed by atoms with van der Waals surface area (Å²) >= 11 is 0. The van der Waals surface area contributed by atoms with Gasteiger partial charge in [-0.1, -0.05) is 32.0 Å². The molecule has 0 fully saturated rings. The number of carbonyl (C=O) groups is 1.